The third-order valence-corrected chi connectivity index (χ3v) is 5.22. The van der Waals surface area contributed by atoms with E-state index in [0.717, 1.165) is 24.3 Å². The van der Waals surface area contributed by atoms with Gasteiger partial charge < -0.3 is 0 Å². The van der Waals surface area contributed by atoms with Gasteiger partial charge in [0.15, 0.2) is 0 Å². The SMILES string of the molecule is O=S(=O)(NCCc1nccs1)N1CCCCC1. The Bertz CT molecular complexity index is 424. The van der Waals surface area contributed by atoms with Crippen molar-refractivity contribution in [3.05, 3.63) is 16.6 Å². The summed E-state index contributed by atoms with van der Waals surface area (Å²) in [5, 5.41) is 2.86. The molecule has 2 heterocycles. The predicted octanol–water partition coefficient (Wildman–Crippen LogP) is 1.01. The van der Waals surface area contributed by atoms with Gasteiger partial charge in [-0.2, -0.15) is 12.7 Å². The topological polar surface area (TPSA) is 62.3 Å². The molecule has 1 aliphatic heterocycles. The number of aromatic nitrogens is 1. The highest BCUT2D eigenvalue weighted by Gasteiger charge is 2.22. The number of nitrogens with zero attached hydrogens (tertiary/aromatic N) is 2. The molecule has 0 amide bonds. The van der Waals surface area contributed by atoms with Gasteiger partial charge in [0.2, 0.25) is 0 Å². The van der Waals surface area contributed by atoms with Gasteiger partial charge in [0.1, 0.15) is 0 Å². The van der Waals surface area contributed by atoms with E-state index in [2.05, 4.69) is 9.71 Å². The van der Waals surface area contributed by atoms with Crippen molar-refractivity contribution >= 4 is 21.5 Å². The normalized spacial score (nSPS) is 18.4. The molecule has 0 aliphatic carbocycles. The van der Waals surface area contributed by atoms with Crippen LogP contribution >= 0.6 is 11.3 Å². The lowest BCUT2D eigenvalue weighted by atomic mass is 10.2. The fraction of sp³-hybridized carbons (Fsp3) is 0.700. The molecule has 5 nitrogen and oxygen atoms in total. The summed E-state index contributed by atoms with van der Waals surface area (Å²) in [5.74, 6) is 0. The average Bonchev–Trinajstić information content (AvgIpc) is 2.83. The molecule has 0 radical (unpaired) electrons. The molecular formula is C10H17N3O2S2. The zero-order chi connectivity index (χ0) is 12.1. The molecule has 2 rings (SSSR count). The Hall–Kier alpha value is -0.500. The van der Waals surface area contributed by atoms with Crippen LogP contribution in [0.25, 0.3) is 0 Å². The fourth-order valence-electron chi connectivity index (χ4n) is 1.86. The standard InChI is InChI=1S/C10H17N3O2S2/c14-17(15,13-7-2-1-3-8-13)12-5-4-10-11-6-9-16-10/h6,9,12H,1-5,7-8H2. The van der Waals surface area contributed by atoms with E-state index in [9.17, 15) is 8.42 Å². The van der Waals surface area contributed by atoms with E-state index in [4.69, 9.17) is 0 Å². The van der Waals surface area contributed by atoms with Crippen LogP contribution in [-0.4, -0.2) is 37.3 Å². The molecule has 0 spiro atoms. The van der Waals surface area contributed by atoms with Crippen LogP contribution in [0.2, 0.25) is 0 Å². The van der Waals surface area contributed by atoms with Gasteiger partial charge >= 0.3 is 0 Å². The van der Waals surface area contributed by atoms with E-state index in [1.165, 1.54) is 0 Å². The highest BCUT2D eigenvalue weighted by molar-refractivity contribution is 7.87. The van der Waals surface area contributed by atoms with Gasteiger partial charge in [0.05, 0.1) is 5.01 Å². The lowest BCUT2D eigenvalue weighted by Crippen LogP contribution is -2.43. The number of nitrogens with one attached hydrogen (secondary N) is 1. The number of thiazole rings is 1. The van der Waals surface area contributed by atoms with Crippen LogP contribution in [0.1, 0.15) is 24.3 Å². The predicted molar refractivity (Wildman–Crippen MR) is 68.2 cm³/mol. The summed E-state index contributed by atoms with van der Waals surface area (Å²) in [6.45, 7) is 1.71. The molecule has 0 bridgehead atoms. The number of hydrogen-bond donors (Lipinski definition) is 1. The molecule has 1 aliphatic rings. The highest BCUT2D eigenvalue weighted by Crippen LogP contribution is 2.12. The zero-order valence-electron chi connectivity index (χ0n) is 9.63. The molecular weight excluding hydrogens is 258 g/mol. The summed E-state index contributed by atoms with van der Waals surface area (Å²) < 4.78 is 28.0. The fourth-order valence-corrected chi connectivity index (χ4v) is 3.76. The maximum absolute atomic E-state index is 11.9. The van der Waals surface area contributed by atoms with Crippen molar-refractivity contribution in [1.29, 1.82) is 0 Å². The zero-order valence-corrected chi connectivity index (χ0v) is 11.3. The van der Waals surface area contributed by atoms with E-state index in [1.54, 1.807) is 21.8 Å². The van der Waals surface area contributed by atoms with Crippen LogP contribution in [0.4, 0.5) is 0 Å². The summed E-state index contributed by atoms with van der Waals surface area (Å²) in [6, 6.07) is 0. The van der Waals surface area contributed by atoms with Crippen molar-refractivity contribution in [2.24, 2.45) is 0 Å². The van der Waals surface area contributed by atoms with Gasteiger partial charge in [-0.1, -0.05) is 6.42 Å². The van der Waals surface area contributed by atoms with E-state index in [0.29, 0.717) is 26.1 Å². The Labute approximate surface area is 106 Å². The van der Waals surface area contributed by atoms with Crippen molar-refractivity contribution in [3.63, 3.8) is 0 Å². The minimum absolute atomic E-state index is 0.423. The number of rotatable bonds is 5. The van der Waals surface area contributed by atoms with E-state index in [-0.39, 0.29) is 0 Å². The molecule has 0 atom stereocenters. The van der Waals surface area contributed by atoms with Crippen LogP contribution in [-0.2, 0) is 16.6 Å². The molecule has 0 aromatic carbocycles. The van der Waals surface area contributed by atoms with Crippen LogP contribution < -0.4 is 4.72 Å². The van der Waals surface area contributed by atoms with Crippen molar-refractivity contribution in [3.8, 4) is 0 Å². The van der Waals surface area contributed by atoms with Gasteiger partial charge in [-0.05, 0) is 12.8 Å². The molecule has 0 unspecified atom stereocenters. The summed E-state index contributed by atoms with van der Waals surface area (Å²) in [6.07, 6.45) is 5.45. The van der Waals surface area contributed by atoms with Crippen LogP contribution in [0, 0.1) is 0 Å². The second-order valence-electron chi connectivity index (χ2n) is 4.03. The first kappa shape index (κ1) is 12.9. The van der Waals surface area contributed by atoms with Crippen LogP contribution in [0.3, 0.4) is 0 Å². The lowest BCUT2D eigenvalue weighted by molar-refractivity contribution is 0.342. The Kier molecular flexibility index (Phi) is 4.49. The second kappa shape index (κ2) is 5.90. The van der Waals surface area contributed by atoms with Gasteiger partial charge in [-0.25, -0.2) is 9.71 Å². The largest absolute Gasteiger partial charge is 0.279 e. The first-order valence-electron chi connectivity index (χ1n) is 5.81. The first-order valence-corrected chi connectivity index (χ1v) is 8.13. The third-order valence-electron chi connectivity index (χ3n) is 2.76. The first-order chi connectivity index (χ1) is 8.18. The molecule has 1 aromatic rings. The summed E-state index contributed by atoms with van der Waals surface area (Å²) in [5.41, 5.74) is 0. The minimum atomic E-state index is -3.28. The molecule has 1 saturated heterocycles. The lowest BCUT2D eigenvalue weighted by Gasteiger charge is -2.25. The maximum atomic E-state index is 11.9. The number of piperidine rings is 1. The van der Waals surface area contributed by atoms with E-state index >= 15 is 0 Å². The Balaban J connectivity index is 1.80. The van der Waals surface area contributed by atoms with Crippen molar-refractivity contribution in [2.45, 2.75) is 25.7 Å². The van der Waals surface area contributed by atoms with Crippen molar-refractivity contribution in [2.75, 3.05) is 19.6 Å². The van der Waals surface area contributed by atoms with E-state index < -0.39 is 10.2 Å². The maximum Gasteiger partial charge on any atom is 0.279 e. The quantitative estimate of drug-likeness (QED) is 0.872. The monoisotopic (exact) mass is 275 g/mol. The van der Waals surface area contributed by atoms with Gasteiger partial charge in [0.25, 0.3) is 10.2 Å². The molecule has 1 fully saturated rings. The Morgan fingerprint density at radius 3 is 2.76 bits per heavy atom. The number of hydrogen-bond acceptors (Lipinski definition) is 4. The van der Waals surface area contributed by atoms with Gasteiger partial charge in [-0.15, -0.1) is 11.3 Å². The molecule has 96 valence electrons. The van der Waals surface area contributed by atoms with Crippen LogP contribution in [0.15, 0.2) is 11.6 Å². The molecule has 1 N–H and O–H groups in total. The smallest absolute Gasteiger partial charge is 0.250 e. The Morgan fingerprint density at radius 2 is 2.12 bits per heavy atom. The second-order valence-corrected chi connectivity index (χ2v) is 6.77. The average molecular weight is 275 g/mol. The highest BCUT2D eigenvalue weighted by atomic mass is 32.2. The van der Waals surface area contributed by atoms with E-state index in [1.807, 2.05) is 5.38 Å². The van der Waals surface area contributed by atoms with Gasteiger partial charge in [0, 0.05) is 37.6 Å². The minimum Gasteiger partial charge on any atom is -0.250 e. The van der Waals surface area contributed by atoms with Crippen molar-refractivity contribution < 1.29 is 8.42 Å². The summed E-state index contributed by atoms with van der Waals surface area (Å²) in [4.78, 5) is 4.12. The summed E-state index contributed by atoms with van der Waals surface area (Å²) >= 11 is 1.55. The summed E-state index contributed by atoms with van der Waals surface area (Å²) in [7, 11) is -3.28. The molecule has 7 heteroatoms. The molecule has 17 heavy (non-hydrogen) atoms. The van der Waals surface area contributed by atoms with Crippen LogP contribution in [0.5, 0.6) is 0 Å². The molecule has 1 aromatic heterocycles. The Morgan fingerprint density at radius 1 is 1.35 bits per heavy atom. The van der Waals surface area contributed by atoms with Gasteiger partial charge in [-0.3, -0.25) is 0 Å². The van der Waals surface area contributed by atoms with Crippen molar-refractivity contribution in [1.82, 2.24) is 14.0 Å². The molecule has 0 saturated carbocycles. The third kappa shape index (κ3) is 3.74.